The topological polar surface area (TPSA) is 37.4 Å². The van der Waals surface area contributed by atoms with Crippen LogP contribution >= 0.6 is 0 Å². The van der Waals surface area contributed by atoms with Gasteiger partial charge in [0.15, 0.2) is 5.78 Å². The molecule has 96 valence electrons. The molecule has 0 saturated heterocycles. The summed E-state index contributed by atoms with van der Waals surface area (Å²) in [5, 5.41) is 0. The molecule has 0 aliphatic heterocycles. The molecule has 0 unspecified atom stereocenters. The molecule has 3 nitrogen and oxygen atoms in total. The molecule has 0 bridgehead atoms. The van der Waals surface area contributed by atoms with Crippen molar-refractivity contribution in [2.45, 2.75) is 0 Å². The van der Waals surface area contributed by atoms with Crippen LogP contribution in [0.25, 0.3) is 0 Å². The van der Waals surface area contributed by atoms with Crippen LogP contribution in [0.5, 0.6) is 0 Å². The predicted molar refractivity (Wildman–Crippen MR) is 76.0 cm³/mol. The Bertz CT molecular complexity index is 600. The highest BCUT2D eigenvalue weighted by molar-refractivity contribution is 6.09. The highest BCUT2D eigenvalue weighted by Gasteiger charge is 2.09. The second-order valence-corrected chi connectivity index (χ2v) is 4.51. The van der Waals surface area contributed by atoms with Gasteiger partial charge < -0.3 is 4.90 Å². The zero-order chi connectivity index (χ0) is 13.8. The lowest BCUT2D eigenvalue weighted by Gasteiger charge is -2.13. The molecule has 19 heavy (non-hydrogen) atoms. The van der Waals surface area contributed by atoms with Gasteiger partial charge in [-0.05, 0) is 12.1 Å². The van der Waals surface area contributed by atoms with Gasteiger partial charge in [0.05, 0.1) is 0 Å². The Hall–Kier alpha value is -2.42. The Kier molecular flexibility index (Phi) is 3.76. The summed E-state index contributed by atoms with van der Waals surface area (Å²) in [4.78, 5) is 24.9. The number of aldehydes is 1. The molecule has 0 aliphatic carbocycles. The summed E-state index contributed by atoms with van der Waals surface area (Å²) in [6.45, 7) is 0. The smallest absolute Gasteiger partial charge is 0.193 e. The molecule has 0 heterocycles. The Labute approximate surface area is 112 Å². The summed E-state index contributed by atoms with van der Waals surface area (Å²) >= 11 is 0. The van der Waals surface area contributed by atoms with Gasteiger partial charge in [-0.25, -0.2) is 0 Å². The van der Waals surface area contributed by atoms with Crippen LogP contribution in [0, 0.1) is 0 Å². The number of nitrogens with zero attached hydrogens (tertiary/aromatic N) is 1. The predicted octanol–water partition coefficient (Wildman–Crippen LogP) is 2.80. The molecule has 0 spiro atoms. The lowest BCUT2D eigenvalue weighted by atomic mass is 10.0. The van der Waals surface area contributed by atoms with E-state index in [1.807, 2.05) is 37.2 Å². The van der Waals surface area contributed by atoms with E-state index in [0.717, 1.165) is 12.0 Å². The van der Waals surface area contributed by atoms with Gasteiger partial charge in [-0.2, -0.15) is 0 Å². The number of benzene rings is 2. The van der Waals surface area contributed by atoms with Crippen LogP contribution in [0.2, 0.25) is 0 Å². The van der Waals surface area contributed by atoms with Crippen LogP contribution in [0.15, 0.2) is 48.5 Å². The first-order chi connectivity index (χ1) is 9.11. The van der Waals surface area contributed by atoms with Crippen molar-refractivity contribution in [2.75, 3.05) is 19.0 Å². The fourth-order valence-corrected chi connectivity index (χ4v) is 1.81. The van der Waals surface area contributed by atoms with E-state index < -0.39 is 0 Å². The van der Waals surface area contributed by atoms with Crippen LogP contribution < -0.4 is 4.90 Å². The fraction of sp³-hybridized carbons (Fsp3) is 0.125. The highest BCUT2D eigenvalue weighted by Crippen LogP contribution is 2.17. The van der Waals surface area contributed by atoms with Crippen molar-refractivity contribution in [1.82, 2.24) is 0 Å². The van der Waals surface area contributed by atoms with E-state index in [9.17, 15) is 9.59 Å². The number of hydrogen-bond acceptors (Lipinski definition) is 3. The number of rotatable bonds is 4. The van der Waals surface area contributed by atoms with E-state index in [-0.39, 0.29) is 5.78 Å². The van der Waals surface area contributed by atoms with Crippen molar-refractivity contribution < 1.29 is 9.59 Å². The maximum atomic E-state index is 12.3. The Balaban J connectivity index is 2.32. The van der Waals surface area contributed by atoms with Crippen LogP contribution in [-0.2, 0) is 0 Å². The van der Waals surface area contributed by atoms with Gasteiger partial charge in [-0.1, -0.05) is 36.4 Å². The van der Waals surface area contributed by atoms with Crippen LogP contribution in [-0.4, -0.2) is 26.2 Å². The molecular formula is C16H15NO2. The maximum Gasteiger partial charge on any atom is 0.193 e. The van der Waals surface area contributed by atoms with E-state index in [4.69, 9.17) is 0 Å². The van der Waals surface area contributed by atoms with Crippen molar-refractivity contribution >= 4 is 17.8 Å². The summed E-state index contributed by atoms with van der Waals surface area (Å²) in [5.74, 6) is -0.0406. The normalized spacial score (nSPS) is 10.0. The number of carbonyl (C=O) groups is 2. The summed E-state index contributed by atoms with van der Waals surface area (Å²) in [7, 11) is 3.87. The fourth-order valence-electron chi connectivity index (χ4n) is 1.81. The third-order valence-corrected chi connectivity index (χ3v) is 2.93. The van der Waals surface area contributed by atoms with E-state index in [1.54, 1.807) is 30.3 Å². The number of ketones is 1. The minimum absolute atomic E-state index is 0.0406. The lowest BCUT2D eigenvalue weighted by molar-refractivity contribution is 0.103. The summed E-state index contributed by atoms with van der Waals surface area (Å²) in [5.41, 5.74) is 2.78. The van der Waals surface area contributed by atoms with Gasteiger partial charge in [0, 0.05) is 36.5 Å². The molecular weight excluding hydrogens is 238 g/mol. The van der Waals surface area contributed by atoms with Crippen molar-refractivity contribution in [1.29, 1.82) is 0 Å². The van der Waals surface area contributed by atoms with E-state index >= 15 is 0 Å². The van der Waals surface area contributed by atoms with E-state index in [2.05, 4.69) is 0 Å². The second kappa shape index (κ2) is 5.48. The first-order valence-corrected chi connectivity index (χ1v) is 5.99. The van der Waals surface area contributed by atoms with Crippen LogP contribution in [0.1, 0.15) is 26.3 Å². The Morgan fingerprint density at radius 2 is 1.68 bits per heavy atom. The Morgan fingerprint density at radius 3 is 2.26 bits per heavy atom. The molecule has 3 heteroatoms. The van der Waals surface area contributed by atoms with Crippen molar-refractivity contribution in [2.24, 2.45) is 0 Å². The van der Waals surface area contributed by atoms with Crippen LogP contribution in [0.4, 0.5) is 5.69 Å². The molecule has 0 atom stereocenters. The van der Waals surface area contributed by atoms with E-state index in [0.29, 0.717) is 16.7 Å². The first-order valence-electron chi connectivity index (χ1n) is 5.99. The summed E-state index contributed by atoms with van der Waals surface area (Å²) in [6.07, 6.45) is 0.765. The van der Waals surface area contributed by atoms with Gasteiger partial charge in [-0.15, -0.1) is 0 Å². The van der Waals surface area contributed by atoms with E-state index in [1.165, 1.54) is 0 Å². The molecule has 0 aromatic heterocycles. The van der Waals surface area contributed by atoms with Gasteiger partial charge in [0.2, 0.25) is 0 Å². The largest absolute Gasteiger partial charge is 0.378 e. The molecule has 0 fully saturated rings. The quantitative estimate of drug-likeness (QED) is 0.621. The minimum Gasteiger partial charge on any atom is -0.378 e. The van der Waals surface area contributed by atoms with Crippen molar-refractivity contribution in [3.63, 3.8) is 0 Å². The molecule has 2 aromatic rings. The third-order valence-electron chi connectivity index (χ3n) is 2.93. The average Bonchev–Trinajstić information content (AvgIpc) is 2.46. The Morgan fingerprint density at radius 1 is 1.00 bits per heavy atom. The third kappa shape index (κ3) is 2.88. The minimum atomic E-state index is -0.0406. The number of carbonyl (C=O) groups excluding carboxylic acids is 2. The monoisotopic (exact) mass is 253 g/mol. The zero-order valence-electron chi connectivity index (χ0n) is 11.0. The second-order valence-electron chi connectivity index (χ2n) is 4.51. The summed E-state index contributed by atoms with van der Waals surface area (Å²) in [6, 6.07) is 14.1. The average molecular weight is 253 g/mol. The molecule has 0 amide bonds. The molecule has 0 saturated carbocycles. The lowest BCUT2D eigenvalue weighted by Crippen LogP contribution is -2.10. The number of anilines is 1. The molecule has 0 aliphatic rings. The van der Waals surface area contributed by atoms with Crippen LogP contribution in [0.3, 0.4) is 0 Å². The molecule has 2 aromatic carbocycles. The maximum absolute atomic E-state index is 12.3. The summed E-state index contributed by atoms with van der Waals surface area (Å²) < 4.78 is 0. The highest BCUT2D eigenvalue weighted by atomic mass is 16.1. The molecule has 0 radical (unpaired) electrons. The zero-order valence-corrected chi connectivity index (χ0v) is 11.0. The first kappa shape index (κ1) is 13.0. The molecule has 2 rings (SSSR count). The van der Waals surface area contributed by atoms with Gasteiger partial charge in [0.25, 0.3) is 0 Å². The SMILES string of the molecule is CN(C)c1cccc(C(=O)c2ccc(C=O)cc2)c1. The van der Waals surface area contributed by atoms with Gasteiger partial charge in [0.1, 0.15) is 6.29 Å². The molecule has 0 N–H and O–H groups in total. The number of hydrogen-bond donors (Lipinski definition) is 0. The van der Waals surface area contributed by atoms with Crippen molar-refractivity contribution in [3.8, 4) is 0 Å². The van der Waals surface area contributed by atoms with Gasteiger partial charge in [-0.3, -0.25) is 9.59 Å². The standard InChI is InChI=1S/C16H15NO2/c1-17(2)15-5-3-4-14(10-15)16(19)13-8-6-12(11-18)7-9-13/h3-11H,1-2H3. The van der Waals surface area contributed by atoms with Crippen molar-refractivity contribution in [3.05, 3.63) is 65.2 Å². The van der Waals surface area contributed by atoms with Gasteiger partial charge >= 0.3 is 0 Å².